The fourth-order valence-electron chi connectivity index (χ4n) is 0.995. The van der Waals surface area contributed by atoms with Gasteiger partial charge in [0, 0.05) is 6.61 Å². The van der Waals surface area contributed by atoms with Crippen LogP contribution in [-0.2, 0) is 4.74 Å². The van der Waals surface area contributed by atoms with E-state index >= 15 is 0 Å². The van der Waals surface area contributed by atoms with Gasteiger partial charge in [0.2, 0.25) is 0 Å². The van der Waals surface area contributed by atoms with Crippen molar-refractivity contribution in [2.24, 2.45) is 0 Å². The molecule has 2 heteroatoms. The number of hydrogen-bond donors (Lipinski definition) is 1. The molecule has 0 saturated heterocycles. The molecule has 13 heavy (non-hydrogen) atoms. The summed E-state index contributed by atoms with van der Waals surface area (Å²) in [5, 5.41) is 3.13. The second kappa shape index (κ2) is 14.4. The molecule has 0 aliphatic carbocycles. The van der Waals surface area contributed by atoms with Crippen LogP contribution in [-0.4, -0.2) is 26.3 Å². The van der Waals surface area contributed by atoms with Crippen LogP contribution in [0.4, 0.5) is 0 Å². The zero-order valence-corrected chi connectivity index (χ0v) is 10.0. The molecule has 0 aromatic rings. The van der Waals surface area contributed by atoms with Gasteiger partial charge in [0.05, 0.1) is 6.10 Å². The summed E-state index contributed by atoms with van der Waals surface area (Å²) in [4.78, 5) is 0. The quantitative estimate of drug-likeness (QED) is 0.665. The smallest absolute Gasteiger partial charge is 0.0584 e. The highest BCUT2D eigenvalue weighted by Crippen LogP contribution is 2.02. The molecule has 0 radical (unpaired) electrons. The number of nitrogens with one attached hydrogen (secondary N) is 1. The zero-order chi connectivity index (χ0) is 10.5. The van der Waals surface area contributed by atoms with E-state index in [0.717, 1.165) is 32.4 Å². The maximum Gasteiger partial charge on any atom is 0.0584 e. The van der Waals surface area contributed by atoms with Gasteiger partial charge in [0.1, 0.15) is 0 Å². The third-order valence-electron chi connectivity index (χ3n) is 1.73. The van der Waals surface area contributed by atoms with Crippen LogP contribution in [0.25, 0.3) is 0 Å². The van der Waals surface area contributed by atoms with E-state index in [1.165, 1.54) is 0 Å². The Bertz CT molecular complexity index is 68.5. The first-order valence-corrected chi connectivity index (χ1v) is 5.61. The van der Waals surface area contributed by atoms with Gasteiger partial charge in [-0.2, -0.15) is 0 Å². The second-order valence-corrected chi connectivity index (χ2v) is 2.79. The van der Waals surface area contributed by atoms with Gasteiger partial charge in [0.25, 0.3) is 0 Å². The van der Waals surface area contributed by atoms with E-state index < -0.39 is 0 Å². The van der Waals surface area contributed by atoms with Crippen LogP contribution in [0.5, 0.6) is 0 Å². The van der Waals surface area contributed by atoms with E-state index in [2.05, 4.69) is 19.2 Å². The summed E-state index contributed by atoms with van der Waals surface area (Å²) in [6, 6.07) is 0. The van der Waals surface area contributed by atoms with Gasteiger partial charge in [-0.1, -0.05) is 27.7 Å². The van der Waals surface area contributed by atoms with Gasteiger partial charge < -0.3 is 10.1 Å². The minimum Gasteiger partial charge on any atom is -0.378 e. The summed E-state index contributed by atoms with van der Waals surface area (Å²) in [5.41, 5.74) is 0. The highest BCUT2D eigenvalue weighted by atomic mass is 16.5. The Morgan fingerprint density at radius 1 is 1.23 bits per heavy atom. The van der Waals surface area contributed by atoms with E-state index in [-0.39, 0.29) is 0 Å². The highest BCUT2D eigenvalue weighted by Gasteiger charge is 2.03. The molecule has 0 fully saturated rings. The average Bonchev–Trinajstić information content (AvgIpc) is 2.21. The van der Waals surface area contributed by atoms with Crippen molar-refractivity contribution >= 4 is 0 Å². The maximum absolute atomic E-state index is 5.60. The van der Waals surface area contributed by atoms with Crippen molar-refractivity contribution in [3.05, 3.63) is 0 Å². The average molecular weight is 189 g/mol. The fourth-order valence-corrected chi connectivity index (χ4v) is 0.995. The third-order valence-corrected chi connectivity index (χ3v) is 1.73. The Labute approximate surface area is 84.1 Å². The molecule has 0 aliphatic rings. The lowest BCUT2D eigenvalue weighted by Gasteiger charge is -2.14. The maximum atomic E-state index is 5.60. The number of hydrogen-bond acceptors (Lipinski definition) is 2. The number of rotatable bonds is 7. The molecule has 1 atom stereocenters. The van der Waals surface area contributed by atoms with Crippen molar-refractivity contribution in [1.82, 2.24) is 5.32 Å². The van der Waals surface area contributed by atoms with Gasteiger partial charge in [-0.15, -0.1) is 0 Å². The fraction of sp³-hybridized carbons (Fsp3) is 1.00. The number of ether oxygens (including phenoxy) is 1. The van der Waals surface area contributed by atoms with Crippen molar-refractivity contribution in [2.45, 2.75) is 53.1 Å². The zero-order valence-electron chi connectivity index (χ0n) is 10.0. The van der Waals surface area contributed by atoms with Crippen LogP contribution < -0.4 is 5.32 Å². The topological polar surface area (TPSA) is 21.3 Å². The van der Waals surface area contributed by atoms with Gasteiger partial charge in [-0.3, -0.25) is 0 Å². The third kappa shape index (κ3) is 11.9. The summed E-state index contributed by atoms with van der Waals surface area (Å²) < 4.78 is 5.60. The lowest BCUT2D eigenvalue weighted by molar-refractivity contribution is 0.0459. The molecule has 0 spiro atoms. The van der Waals surface area contributed by atoms with E-state index in [0.29, 0.717) is 6.10 Å². The standard InChI is InChI=1S/C9H21NO.C2H6/c1-4-8-11-9(5-2)6-7-10-3;1-2/h9-10H,4-8H2,1-3H3;1-2H3. The molecule has 0 rings (SSSR count). The van der Waals surface area contributed by atoms with E-state index in [9.17, 15) is 0 Å². The van der Waals surface area contributed by atoms with Crippen LogP contribution in [0, 0.1) is 0 Å². The van der Waals surface area contributed by atoms with Crippen LogP contribution in [0.15, 0.2) is 0 Å². The van der Waals surface area contributed by atoms with Gasteiger partial charge in [-0.05, 0) is 32.9 Å². The molecule has 0 bridgehead atoms. The molecule has 0 aromatic heterocycles. The van der Waals surface area contributed by atoms with Crippen molar-refractivity contribution in [2.75, 3.05) is 20.2 Å². The predicted octanol–water partition coefficient (Wildman–Crippen LogP) is 2.83. The molecule has 0 heterocycles. The summed E-state index contributed by atoms with van der Waals surface area (Å²) in [5.74, 6) is 0. The molecule has 82 valence electrons. The summed E-state index contributed by atoms with van der Waals surface area (Å²) >= 11 is 0. The Morgan fingerprint density at radius 3 is 2.23 bits per heavy atom. The highest BCUT2D eigenvalue weighted by molar-refractivity contribution is 4.56. The molecule has 1 N–H and O–H groups in total. The molecule has 0 amide bonds. The first-order valence-electron chi connectivity index (χ1n) is 5.61. The van der Waals surface area contributed by atoms with Crippen molar-refractivity contribution in [3.63, 3.8) is 0 Å². The summed E-state index contributed by atoms with van der Waals surface area (Å²) in [6.07, 6.45) is 3.84. The van der Waals surface area contributed by atoms with E-state index in [1.807, 2.05) is 20.9 Å². The van der Waals surface area contributed by atoms with Crippen molar-refractivity contribution in [3.8, 4) is 0 Å². The molecule has 1 unspecified atom stereocenters. The molecular weight excluding hydrogens is 162 g/mol. The molecule has 0 aliphatic heterocycles. The molecule has 2 nitrogen and oxygen atoms in total. The summed E-state index contributed by atoms with van der Waals surface area (Å²) in [7, 11) is 1.98. The summed E-state index contributed by atoms with van der Waals surface area (Å²) in [6.45, 7) is 10.3. The largest absolute Gasteiger partial charge is 0.378 e. The SMILES string of the molecule is CC.CCCOC(CC)CCNC. The molecular formula is C11H27NO. The van der Waals surface area contributed by atoms with E-state index in [1.54, 1.807) is 0 Å². The molecule has 0 saturated carbocycles. The van der Waals surface area contributed by atoms with Crippen LogP contribution in [0.2, 0.25) is 0 Å². The second-order valence-electron chi connectivity index (χ2n) is 2.79. The Hall–Kier alpha value is -0.0800. The normalized spacial score (nSPS) is 11.8. The first kappa shape index (κ1) is 15.4. The van der Waals surface area contributed by atoms with E-state index in [4.69, 9.17) is 4.74 Å². The lowest BCUT2D eigenvalue weighted by atomic mass is 10.2. The van der Waals surface area contributed by atoms with Crippen molar-refractivity contribution in [1.29, 1.82) is 0 Å². The Morgan fingerprint density at radius 2 is 1.85 bits per heavy atom. The van der Waals surface area contributed by atoms with Crippen LogP contribution >= 0.6 is 0 Å². The monoisotopic (exact) mass is 189 g/mol. The van der Waals surface area contributed by atoms with Gasteiger partial charge >= 0.3 is 0 Å². The predicted molar refractivity (Wildman–Crippen MR) is 60.2 cm³/mol. The molecule has 0 aromatic carbocycles. The first-order chi connectivity index (χ1) is 6.35. The van der Waals surface area contributed by atoms with Crippen LogP contribution in [0.1, 0.15) is 47.0 Å². The van der Waals surface area contributed by atoms with Crippen molar-refractivity contribution < 1.29 is 4.74 Å². The Kier molecular flexibility index (Phi) is 17.1. The minimum absolute atomic E-state index is 0.461. The Balaban J connectivity index is 0. The van der Waals surface area contributed by atoms with Gasteiger partial charge in [-0.25, -0.2) is 0 Å². The van der Waals surface area contributed by atoms with Crippen LogP contribution in [0.3, 0.4) is 0 Å². The lowest BCUT2D eigenvalue weighted by Crippen LogP contribution is -2.19. The van der Waals surface area contributed by atoms with Gasteiger partial charge in [0.15, 0.2) is 0 Å². The minimum atomic E-state index is 0.461.